The molecular formula is C11H11N3O2. The van der Waals surface area contributed by atoms with Gasteiger partial charge in [-0.1, -0.05) is 18.2 Å². The van der Waals surface area contributed by atoms with Gasteiger partial charge in [-0.05, 0) is 12.1 Å². The first-order valence-corrected chi connectivity index (χ1v) is 4.73. The Bertz CT molecular complexity index is 486. The molecule has 2 aromatic rings. The Morgan fingerprint density at radius 1 is 1.38 bits per heavy atom. The zero-order chi connectivity index (χ0) is 11.5. The lowest BCUT2D eigenvalue weighted by molar-refractivity contribution is 0.0724. The van der Waals surface area contributed by atoms with Gasteiger partial charge < -0.3 is 10.5 Å². The van der Waals surface area contributed by atoms with Gasteiger partial charge in [0.1, 0.15) is 5.75 Å². The molecule has 82 valence electrons. The molecule has 16 heavy (non-hydrogen) atoms. The van der Waals surface area contributed by atoms with Crippen molar-refractivity contribution in [3.63, 3.8) is 0 Å². The molecule has 1 aromatic heterocycles. The molecule has 0 fully saturated rings. The van der Waals surface area contributed by atoms with Crippen LogP contribution < -0.4 is 10.5 Å². The Labute approximate surface area is 92.4 Å². The Morgan fingerprint density at radius 3 is 2.62 bits per heavy atom. The molecule has 0 radical (unpaired) electrons. The van der Waals surface area contributed by atoms with Crippen molar-refractivity contribution in [3.8, 4) is 5.75 Å². The number of hydrogen-bond acceptors (Lipinski definition) is 4. The first-order chi connectivity index (χ1) is 7.68. The minimum Gasteiger partial charge on any atom is -0.422 e. The number of carbonyl (C=O) groups excluding carboxylic acids is 1. The Morgan fingerprint density at radius 2 is 2.06 bits per heavy atom. The molecule has 0 aliphatic rings. The van der Waals surface area contributed by atoms with Crippen molar-refractivity contribution in [1.29, 1.82) is 0 Å². The van der Waals surface area contributed by atoms with Gasteiger partial charge in [-0.25, -0.2) is 4.79 Å². The van der Waals surface area contributed by atoms with Crippen LogP contribution in [-0.2, 0) is 7.05 Å². The van der Waals surface area contributed by atoms with Gasteiger partial charge in [0, 0.05) is 7.05 Å². The minimum atomic E-state index is -0.510. The number of aryl methyl sites for hydroxylation is 1. The first kappa shape index (κ1) is 10.2. The maximum atomic E-state index is 11.8. The zero-order valence-corrected chi connectivity index (χ0v) is 8.75. The van der Waals surface area contributed by atoms with Gasteiger partial charge in [0.05, 0.1) is 11.9 Å². The summed E-state index contributed by atoms with van der Waals surface area (Å²) < 4.78 is 6.53. The number of aromatic nitrogens is 2. The molecule has 1 aromatic carbocycles. The SMILES string of the molecule is Cn1ncc(N)c1C(=O)Oc1ccccc1. The number of nitrogens with two attached hydrogens (primary N) is 1. The third-order valence-corrected chi connectivity index (χ3v) is 2.11. The highest BCUT2D eigenvalue weighted by molar-refractivity contribution is 5.94. The molecule has 0 spiro atoms. The van der Waals surface area contributed by atoms with Crippen LogP contribution in [-0.4, -0.2) is 15.7 Å². The molecule has 0 aliphatic heterocycles. The lowest BCUT2D eigenvalue weighted by Crippen LogP contribution is -2.15. The van der Waals surface area contributed by atoms with Gasteiger partial charge in [-0.3, -0.25) is 4.68 Å². The van der Waals surface area contributed by atoms with E-state index in [1.54, 1.807) is 31.3 Å². The van der Waals surface area contributed by atoms with E-state index in [-0.39, 0.29) is 5.69 Å². The van der Waals surface area contributed by atoms with E-state index in [0.717, 1.165) is 0 Å². The van der Waals surface area contributed by atoms with E-state index in [2.05, 4.69) is 5.10 Å². The second-order valence-corrected chi connectivity index (χ2v) is 3.27. The number of esters is 1. The van der Waals surface area contributed by atoms with Gasteiger partial charge in [0.25, 0.3) is 0 Å². The van der Waals surface area contributed by atoms with E-state index >= 15 is 0 Å². The van der Waals surface area contributed by atoms with Gasteiger partial charge in [-0.15, -0.1) is 0 Å². The first-order valence-electron chi connectivity index (χ1n) is 4.73. The zero-order valence-electron chi connectivity index (χ0n) is 8.75. The van der Waals surface area contributed by atoms with Crippen LogP contribution >= 0.6 is 0 Å². The normalized spacial score (nSPS) is 10.1. The highest BCUT2D eigenvalue weighted by Gasteiger charge is 2.16. The molecule has 0 saturated heterocycles. The summed E-state index contributed by atoms with van der Waals surface area (Å²) in [4.78, 5) is 11.8. The second kappa shape index (κ2) is 4.06. The van der Waals surface area contributed by atoms with Crippen molar-refractivity contribution in [1.82, 2.24) is 9.78 Å². The van der Waals surface area contributed by atoms with Crippen molar-refractivity contribution in [2.45, 2.75) is 0 Å². The van der Waals surface area contributed by atoms with Crippen LogP contribution in [0.1, 0.15) is 10.5 Å². The molecular weight excluding hydrogens is 206 g/mol. The third kappa shape index (κ3) is 1.88. The van der Waals surface area contributed by atoms with E-state index < -0.39 is 5.97 Å². The summed E-state index contributed by atoms with van der Waals surface area (Å²) in [5, 5.41) is 3.87. The van der Waals surface area contributed by atoms with Crippen molar-refractivity contribution in [2.75, 3.05) is 5.73 Å². The van der Waals surface area contributed by atoms with E-state index in [9.17, 15) is 4.79 Å². The van der Waals surface area contributed by atoms with Crippen molar-refractivity contribution < 1.29 is 9.53 Å². The van der Waals surface area contributed by atoms with Gasteiger partial charge in [0.2, 0.25) is 0 Å². The minimum absolute atomic E-state index is 0.254. The number of hydrogen-bond donors (Lipinski definition) is 1. The molecule has 0 saturated carbocycles. The Hall–Kier alpha value is -2.30. The molecule has 2 N–H and O–H groups in total. The molecule has 0 unspecified atom stereocenters. The summed E-state index contributed by atoms with van der Waals surface area (Å²) in [6.07, 6.45) is 1.42. The van der Waals surface area contributed by atoms with E-state index in [1.165, 1.54) is 10.9 Å². The number of nitrogens with zero attached hydrogens (tertiary/aromatic N) is 2. The lowest BCUT2D eigenvalue weighted by atomic mass is 10.3. The molecule has 5 heteroatoms. The summed E-state index contributed by atoms with van der Waals surface area (Å²) in [6, 6.07) is 8.81. The molecule has 0 bridgehead atoms. The van der Waals surface area contributed by atoms with Crippen LogP contribution in [0.25, 0.3) is 0 Å². The smallest absolute Gasteiger partial charge is 0.364 e. The van der Waals surface area contributed by atoms with Crippen LogP contribution in [0.5, 0.6) is 5.75 Å². The number of nitrogen functional groups attached to an aromatic ring is 1. The highest BCUT2D eigenvalue weighted by atomic mass is 16.5. The Kier molecular flexibility index (Phi) is 2.59. The Balaban J connectivity index is 2.22. The maximum absolute atomic E-state index is 11.8. The third-order valence-electron chi connectivity index (χ3n) is 2.11. The predicted molar refractivity (Wildman–Crippen MR) is 59.0 cm³/mol. The average molecular weight is 217 g/mol. The monoisotopic (exact) mass is 217 g/mol. The van der Waals surface area contributed by atoms with Gasteiger partial charge in [-0.2, -0.15) is 5.10 Å². The maximum Gasteiger partial charge on any atom is 0.364 e. The van der Waals surface area contributed by atoms with E-state index in [0.29, 0.717) is 11.4 Å². The summed E-state index contributed by atoms with van der Waals surface area (Å²) >= 11 is 0. The summed E-state index contributed by atoms with van der Waals surface area (Å²) in [7, 11) is 1.64. The number of anilines is 1. The number of benzene rings is 1. The fraction of sp³-hybridized carbons (Fsp3) is 0.0909. The van der Waals surface area contributed by atoms with Crippen LogP contribution in [0.4, 0.5) is 5.69 Å². The quantitative estimate of drug-likeness (QED) is 0.606. The molecule has 0 amide bonds. The number of ether oxygens (including phenoxy) is 1. The number of carbonyl (C=O) groups is 1. The average Bonchev–Trinajstić information content (AvgIpc) is 2.60. The molecule has 1 heterocycles. The molecule has 2 rings (SSSR count). The number of rotatable bonds is 2. The summed E-state index contributed by atoms with van der Waals surface area (Å²) in [5.74, 6) is -0.0307. The lowest BCUT2D eigenvalue weighted by Gasteiger charge is -2.04. The molecule has 5 nitrogen and oxygen atoms in total. The standard InChI is InChI=1S/C11H11N3O2/c1-14-10(9(12)7-13-14)11(15)16-8-5-3-2-4-6-8/h2-7H,12H2,1H3. The second-order valence-electron chi connectivity index (χ2n) is 3.27. The molecule has 0 aliphatic carbocycles. The highest BCUT2D eigenvalue weighted by Crippen LogP contribution is 2.15. The topological polar surface area (TPSA) is 70.1 Å². The van der Waals surface area contributed by atoms with Crippen LogP contribution in [0.3, 0.4) is 0 Å². The van der Waals surface area contributed by atoms with Crippen LogP contribution in [0, 0.1) is 0 Å². The van der Waals surface area contributed by atoms with Crippen LogP contribution in [0.2, 0.25) is 0 Å². The van der Waals surface area contributed by atoms with Crippen LogP contribution in [0.15, 0.2) is 36.5 Å². The van der Waals surface area contributed by atoms with E-state index in [4.69, 9.17) is 10.5 Å². The largest absolute Gasteiger partial charge is 0.422 e. The summed E-state index contributed by atoms with van der Waals surface area (Å²) in [5.41, 5.74) is 6.17. The van der Waals surface area contributed by atoms with Crippen molar-refractivity contribution in [3.05, 3.63) is 42.2 Å². The fourth-order valence-electron chi connectivity index (χ4n) is 1.35. The predicted octanol–water partition coefficient (Wildman–Crippen LogP) is 1.22. The molecule has 0 atom stereocenters. The van der Waals surface area contributed by atoms with E-state index in [1.807, 2.05) is 6.07 Å². The van der Waals surface area contributed by atoms with Crippen molar-refractivity contribution >= 4 is 11.7 Å². The summed E-state index contributed by atoms with van der Waals surface area (Å²) in [6.45, 7) is 0. The number of para-hydroxylation sites is 1. The van der Waals surface area contributed by atoms with Crippen molar-refractivity contribution in [2.24, 2.45) is 7.05 Å². The van der Waals surface area contributed by atoms with Gasteiger partial charge in [0.15, 0.2) is 5.69 Å². The van der Waals surface area contributed by atoms with Gasteiger partial charge >= 0.3 is 5.97 Å². The fourth-order valence-corrected chi connectivity index (χ4v) is 1.35.